The van der Waals surface area contributed by atoms with E-state index in [2.05, 4.69) is 6.92 Å². The van der Waals surface area contributed by atoms with Crippen LogP contribution in [0.1, 0.15) is 62.4 Å². The summed E-state index contributed by atoms with van der Waals surface area (Å²) in [6.45, 7) is 2.20. The van der Waals surface area contributed by atoms with E-state index in [9.17, 15) is 4.79 Å². The van der Waals surface area contributed by atoms with E-state index in [1.807, 2.05) is 6.08 Å². The number of rotatable bonds is 1. The number of ketones is 1. The Hall–Kier alpha value is -1.05. The molecule has 0 aliphatic heterocycles. The van der Waals surface area contributed by atoms with Crippen LogP contribution in [0.4, 0.5) is 0 Å². The molecule has 2 heteroatoms. The molecular weight excluding hydrogens is 260 g/mol. The Morgan fingerprint density at radius 1 is 1.33 bits per heavy atom. The monoisotopic (exact) mass is 289 g/mol. The van der Waals surface area contributed by atoms with Crippen LogP contribution in [0.25, 0.3) is 0 Å². The first-order valence-corrected chi connectivity index (χ1v) is 8.40. The van der Waals surface area contributed by atoms with E-state index < -0.39 is 7.04 Å². The number of methoxy groups -OCH3 is 1. The minimum atomic E-state index is -2.35. The molecule has 0 heterocycles. The topological polar surface area (TPSA) is 26.3 Å². The summed E-state index contributed by atoms with van der Waals surface area (Å²) in [7, 11) is -2.35. The lowest BCUT2D eigenvalue weighted by Crippen LogP contribution is -2.43. The van der Waals surface area contributed by atoms with E-state index in [-0.39, 0.29) is 5.41 Å². The zero-order valence-corrected chi connectivity index (χ0v) is 12.8. The summed E-state index contributed by atoms with van der Waals surface area (Å²) in [5, 5.41) is 0. The molecule has 0 aromatic carbocycles. The van der Waals surface area contributed by atoms with Gasteiger partial charge in [0.05, 0.1) is 16.9 Å². The van der Waals surface area contributed by atoms with Gasteiger partial charge in [0.15, 0.2) is 0 Å². The molecule has 0 amide bonds. The van der Waals surface area contributed by atoms with Gasteiger partial charge in [0.2, 0.25) is 0 Å². The Morgan fingerprint density at radius 2 is 2.24 bits per heavy atom. The zero-order valence-electron chi connectivity index (χ0n) is 15.8. The van der Waals surface area contributed by atoms with Gasteiger partial charge in [-0.25, -0.2) is 0 Å². The van der Waals surface area contributed by atoms with Crippen molar-refractivity contribution in [3.05, 3.63) is 23.0 Å². The van der Waals surface area contributed by atoms with Crippen molar-refractivity contribution in [3.8, 4) is 0 Å². The summed E-state index contributed by atoms with van der Waals surface area (Å²) in [5.41, 5.74) is 2.87. The van der Waals surface area contributed by atoms with Crippen LogP contribution in [0, 0.1) is 23.2 Å². The fourth-order valence-electron chi connectivity index (χ4n) is 5.74. The summed E-state index contributed by atoms with van der Waals surface area (Å²) in [6.07, 6.45) is 9.65. The molecule has 2 saturated carbocycles. The third-order valence-electron chi connectivity index (χ3n) is 6.90. The molecule has 0 spiro atoms. The number of hydrogen-bond donors (Lipinski definition) is 0. The lowest BCUT2D eigenvalue weighted by atomic mass is 9.55. The fourth-order valence-corrected chi connectivity index (χ4v) is 5.74. The molecule has 0 aromatic rings. The van der Waals surface area contributed by atoms with Crippen LogP contribution >= 0.6 is 0 Å². The molecule has 21 heavy (non-hydrogen) atoms. The number of ether oxygens (including phenoxy) is 1. The Labute approximate surface area is 131 Å². The number of allylic oxidation sites excluding steroid dienone is 3. The van der Waals surface area contributed by atoms with Crippen molar-refractivity contribution < 1.29 is 13.6 Å². The normalized spacial score (nSPS) is 44.8. The van der Waals surface area contributed by atoms with E-state index in [4.69, 9.17) is 8.85 Å². The second-order valence-electron chi connectivity index (χ2n) is 7.62. The van der Waals surface area contributed by atoms with Gasteiger partial charge in [0.25, 0.3) is 0 Å². The van der Waals surface area contributed by atoms with Gasteiger partial charge in [0, 0.05) is 18.3 Å². The number of carbonyl (C=O) groups is 1. The summed E-state index contributed by atoms with van der Waals surface area (Å²) in [6, 6.07) is 0. The summed E-state index contributed by atoms with van der Waals surface area (Å²) >= 11 is 0. The Bertz CT molecular complexity index is 631. The van der Waals surface area contributed by atoms with Crippen LogP contribution in [0.5, 0.6) is 0 Å². The number of hydrogen-bond acceptors (Lipinski definition) is 2. The largest absolute Gasteiger partial charge is 0.501 e. The van der Waals surface area contributed by atoms with Crippen molar-refractivity contribution in [3.63, 3.8) is 0 Å². The molecule has 0 aromatic heterocycles. The molecule has 0 bridgehead atoms. The van der Waals surface area contributed by atoms with E-state index >= 15 is 0 Å². The second kappa shape index (κ2) is 4.72. The van der Waals surface area contributed by atoms with Crippen molar-refractivity contribution in [2.24, 2.45) is 23.2 Å². The molecule has 4 aliphatic rings. The lowest BCUT2D eigenvalue weighted by Gasteiger charge is -2.49. The fraction of sp³-hybridized carbons (Fsp3) is 0.737. The first-order chi connectivity index (χ1) is 11.3. The molecule has 4 aliphatic carbocycles. The van der Waals surface area contributed by atoms with E-state index in [0.717, 1.165) is 44.9 Å². The van der Waals surface area contributed by atoms with Gasteiger partial charge in [-0.1, -0.05) is 18.1 Å². The average Bonchev–Trinajstić information content (AvgIpc) is 2.81. The highest BCUT2D eigenvalue weighted by Gasteiger charge is 2.54. The quantitative estimate of drug-likeness (QED) is 0.668. The first-order valence-electron chi connectivity index (χ1n) is 9.90. The standard InChI is InChI=1S/C19H26O2/c1-19-10-9-15-14-6-4-13(21-2)11-12(14)3-5-16(15)17(19)7-8-18(19)20/h4,15-17H,3,5-11H2,1-2H3/t15-,16-,17+,19+/m1/s1/i2D3. The van der Waals surface area contributed by atoms with Crippen molar-refractivity contribution in [1.82, 2.24) is 0 Å². The van der Waals surface area contributed by atoms with Gasteiger partial charge < -0.3 is 4.74 Å². The number of Topliss-reactive ketones (excluding diaryl/α,β-unsaturated/α-hetero) is 1. The Kier molecular flexibility index (Phi) is 2.39. The molecule has 4 rings (SSSR count). The van der Waals surface area contributed by atoms with Gasteiger partial charge in [-0.3, -0.25) is 4.79 Å². The van der Waals surface area contributed by atoms with Gasteiger partial charge in [-0.05, 0) is 62.4 Å². The summed E-state index contributed by atoms with van der Waals surface area (Å²) in [5.74, 6) is 2.91. The van der Waals surface area contributed by atoms with Crippen LogP contribution in [-0.2, 0) is 9.53 Å². The van der Waals surface area contributed by atoms with Crippen LogP contribution < -0.4 is 0 Å². The molecule has 114 valence electrons. The summed E-state index contributed by atoms with van der Waals surface area (Å²) in [4.78, 5) is 12.4. The molecule has 2 fully saturated rings. The predicted octanol–water partition coefficient (Wildman–Crippen LogP) is 4.41. The molecule has 0 radical (unpaired) electrons. The van der Waals surface area contributed by atoms with Crippen molar-refractivity contribution in [2.75, 3.05) is 7.04 Å². The highest BCUT2D eigenvalue weighted by molar-refractivity contribution is 5.87. The van der Waals surface area contributed by atoms with Crippen LogP contribution in [-0.4, -0.2) is 12.8 Å². The smallest absolute Gasteiger partial charge is 0.139 e. The van der Waals surface area contributed by atoms with Gasteiger partial charge in [-0.2, -0.15) is 0 Å². The zero-order chi connectivity index (χ0) is 17.1. The number of carbonyl (C=O) groups excluding carboxylic acids is 1. The molecule has 0 saturated heterocycles. The molecular formula is C19H26O2. The Balaban J connectivity index is 1.54. The molecule has 0 unspecified atom stereocenters. The SMILES string of the molecule is [2H]C([2H])([2H])OC1=CCC2=C(CC[C@@H]3[C@@H]2CC[C@]2(C)C(=O)CC[C@@H]32)C1. The highest BCUT2D eigenvalue weighted by atomic mass is 16.5. The lowest BCUT2D eigenvalue weighted by molar-refractivity contribution is -0.129. The van der Waals surface area contributed by atoms with Crippen molar-refractivity contribution >= 4 is 5.78 Å². The first kappa shape index (κ1) is 10.6. The van der Waals surface area contributed by atoms with Crippen LogP contribution in [0.2, 0.25) is 0 Å². The third-order valence-corrected chi connectivity index (χ3v) is 6.90. The van der Waals surface area contributed by atoms with E-state index in [1.165, 1.54) is 11.1 Å². The minimum Gasteiger partial charge on any atom is -0.501 e. The van der Waals surface area contributed by atoms with E-state index in [1.54, 1.807) is 0 Å². The maximum absolute atomic E-state index is 12.4. The maximum atomic E-state index is 12.4. The molecule has 4 atom stereocenters. The Morgan fingerprint density at radius 3 is 3.10 bits per heavy atom. The second-order valence-corrected chi connectivity index (χ2v) is 7.62. The molecule has 0 N–H and O–H groups in total. The molecule has 2 nitrogen and oxygen atoms in total. The number of fused-ring (bicyclic) bond motifs is 4. The highest BCUT2D eigenvalue weighted by Crippen LogP contribution is 2.59. The third kappa shape index (κ3) is 1.87. The van der Waals surface area contributed by atoms with Gasteiger partial charge in [0.1, 0.15) is 5.78 Å². The van der Waals surface area contributed by atoms with Gasteiger partial charge in [-0.15, -0.1) is 0 Å². The van der Waals surface area contributed by atoms with Crippen LogP contribution in [0.15, 0.2) is 23.0 Å². The van der Waals surface area contributed by atoms with Gasteiger partial charge >= 0.3 is 0 Å². The summed E-state index contributed by atoms with van der Waals surface area (Å²) < 4.78 is 27.0. The average molecular weight is 289 g/mol. The predicted molar refractivity (Wildman–Crippen MR) is 82.6 cm³/mol. The van der Waals surface area contributed by atoms with E-state index in [0.29, 0.717) is 35.7 Å². The van der Waals surface area contributed by atoms with Crippen molar-refractivity contribution in [2.45, 2.75) is 58.3 Å². The minimum absolute atomic E-state index is 0.0702. The van der Waals surface area contributed by atoms with Crippen molar-refractivity contribution in [1.29, 1.82) is 0 Å². The maximum Gasteiger partial charge on any atom is 0.139 e. The van der Waals surface area contributed by atoms with Crippen LogP contribution in [0.3, 0.4) is 0 Å².